The second kappa shape index (κ2) is 8.64. The number of rotatable bonds is 8. The molecule has 1 atom stereocenters. The van der Waals surface area contributed by atoms with Gasteiger partial charge in [-0.25, -0.2) is 4.39 Å². The third kappa shape index (κ3) is 5.04. The Morgan fingerprint density at radius 2 is 2.30 bits per heavy atom. The number of para-hydroxylation sites is 1. The first kappa shape index (κ1) is 17.4. The molecule has 1 amide bonds. The predicted molar refractivity (Wildman–Crippen MR) is 90.6 cm³/mol. The minimum absolute atomic E-state index is 0.0500. The summed E-state index contributed by atoms with van der Waals surface area (Å²) in [5, 5.41) is 10.9. The lowest BCUT2D eigenvalue weighted by Crippen LogP contribution is -2.32. The topological polar surface area (TPSA) is 64.1 Å². The van der Waals surface area contributed by atoms with E-state index in [1.54, 1.807) is 25.1 Å². The number of nitrogens with zero attached hydrogens (tertiary/aromatic N) is 2. The number of aromatic nitrogens is 2. The van der Waals surface area contributed by atoms with Crippen molar-refractivity contribution >= 4 is 34.1 Å². The van der Waals surface area contributed by atoms with Crippen molar-refractivity contribution in [2.45, 2.75) is 23.8 Å². The molecule has 2 aromatic rings. The first-order chi connectivity index (χ1) is 11.1. The molecule has 0 aliphatic rings. The summed E-state index contributed by atoms with van der Waals surface area (Å²) in [5.74, 6) is -0.116. The van der Waals surface area contributed by atoms with Gasteiger partial charge in [-0.05, 0) is 18.6 Å². The molecule has 0 spiro atoms. The first-order valence-corrected chi connectivity index (χ1v) is 8.73. The summed E-state index contributed by atoms with van der Waals surface area (Å²) < 4.78 is 19.8. The molecular formula is C15H16FN3O2S2. The summed E-state index contributed by atoms with van der Waals surface area (Å²) in [4.78, 5) is 12.2. The fourth-order valence-corrected chi connectivity index (χ4v) is 3.17. The quantitative estimate of drug-likeness (QED) is 0.445. The number of carbonyl (C=O) groups is 1. The molecule has 0 radical (unpaired) electrons. The maximum Gasteiger partial charge on any atom is 0.267 e. The highest BCUT2D eigenvalue weighted by molar-refractivity contribution is 8.01. The van der Waals surface area contributed by atoms with Gasteiger partial charge < -0.3 is 4.74 Å². The van der Waals surface area contributed by atoms with Crippen molar-refractivity contribution in [1.29, 1.82) is 0 Å². The molecule has 1 heterocycles. The van der Waals surface area contributed by atoms with Crippen LogP contribution >= 0.6 is 23.1 Å². The van der Waals surface area contributed by atoms with Crippen LogP contribution in [0.4, 0.5) is 9.52 Å². The molecule has 0 bridgehead atoms. The SMILES string of the molecule is C=CCSc1nnc(NC(=O)[C@@H](CC)Oc2ccccc2F)s1. The Balaban J connectivity index is 1.98. The summed E-state index contributed by atoms with van der Waals surface area (Å²) in [6.45, 7) is 5.42. The molecule has 5 nitrogen and oxygen atoms in total. The van der Waals surface area contributed by atoms with Gasteiger partial charge in [0, 0.05) is 5.75 Å². The fourth-order valence-electron chi connectivity index (χ4n) is 1.65. The Morgan fingerprint density at radius 1 is 1.52 bits per heavy atom. The van der Waals surface area contributed by atoms with Crippen molar-refractivity contribution in [3.8, 4) is 5.75 Å². The maximum atomic E-state index is 13.6. The maximum absolute atomic E-state index is 13.6. The van der Waals surface area contributed by atoms with Gasteiger partial charge in [0.15, 0.2) is 22.0 Å². The van der Waals surface area contributed by atoms with E-state index in [-0.39, 0.29) is 11.7 Å². The van der Waals surface area contributed by atoms with Crippen LogP contribution in [-0.4, -0.2) is 28.0 Å². The average Bonchev–Trinajstić information content (AvgIpc) is 2.99. The van der Waals surface area contributed by atoms with Crippen molar-refractivity contribution in [3.63, 3.8) is 0 Å². The summed E-state index contributed by atoms with van der Waals surface area (Å²) in [6.07, 6.45) is 1.36. The molecule has 122 valence electrons. The highest BCUT2D eigenvalue weighted by Crippen LogP contribution is 2.26. The number of anilines is 1. The van der Waals surface area contributed by atoms with Crippen LogP contribution in [0, 0.1) is 5.82 Å². The zero-order valence-corrected chi connectivity index (χ0v) is 14.1. The molecule has 0 fully saturated rings. The van der Waals surface area contributed by atoms with Crippen LogP contribution in [0.5, 0.6) is 5.75 Å². The monoisotopic (exact) mass is 353 g/mol. The zero-order chi connectivity index (χ0) is 16.7. The third-order valence-corrected chi connectivity index (χ3v) is 4.70. The number of benzene rings is 1. The first-order valence-electron chi connectivity index (χ1n) is 6.93. The highest BCUT2D eigenvalue weighted by atomic mass is 32.2. The van der Waals surface area contributed by atoms with Gasteiger partial charge in [0.25, 0.3) is 5.91 Å². The van der Waals surface area contributed by atoms with Gasteiger partial charge in [0.05, 0.1) is 0 Å². The number of carbonyl (C=O) groups excluding carboxylic acids is 1. The summed E-state index contributed by atoms with van der Waals surface area (Å²) in [5.41, 5.74) is 0. The van der Waals surface area contributed by atoms with Gasteiger partial charge >= 0.3 is 0 Å². The molecule has 0 unspecified atom stereocenters. The van der Waals surface area contributed by atoms with Gasteiger partial charge in [-0.3, -0.25) is 10.1 Å². The second-order valence-electron chi connectivity index (χ2n) is 4.41. The zero-order valence-electron chi connectivity index (χ0n) is 12.5. The summed E-state index contributed by atoms with van der Waals surface area (Å²) >= 11 is 2.75. The Morgan fingerprint density at radius 3 is 3.00 bits per heavy atom. The van der Waals surface area contributed by atoms with Gasteiger partial charge in [-0.1, -0.05) is 48.2 Å². The van der Waals surface area contributed by atoms with E-state index in [4.69, 9.17) is 4.74 Å². The molecule has 23 heavy (non-hydrogen) atoms. The van der Waals surface area contributed by atoms with Crippen LogP contribution in [-0.2, 0) is 4.79 Å². The number of thioether (sulfide) groups is 1. The second-order valence-corrected chi connectivity index (χ2v) is 6.65. The minimum atomic E-state index is -0.805. The van der Waals surface area contributed by atoms with Crippen molar-refractivity contribution < 1.29 is 13.9 Å². The minimum Gasteiger partial charge on any atom is -0.478 e. The number of nitrogens with one attached hydrogen (secondary N) is 1. The predicted octanol–water partition coefficient (Wildman–Crippen LogP) is 3.75. The molecule has 1 aromatic carbocycles. The Hall–Kier alpha value is -1.93. The lowest BCUT2D eigenvalue weighted by atomic mass is 10.2. The number of halogens is 1. The van der Waals surface area contributed by atoms with Gasteiger partial charge in [-0.15, -0.1) is 16.8 Å². The van der Waals surface area contributed by atoms with E-state index in [0.717, 1.165) is 10.1 Å². The molecule has 0 aliphatic carbocycles. The molecule has 1 aromatic heterocycles. The van der Waals surface area contributed by atoms with Crippen LogP contribution in [0.25, 0.3) is 0 Å². The smallest absolute Gasteiger partial charge is 0.267 e. The van der Waals surface area contributed by atoms with E-state index in [1.165, 1.54) is 35.2 Å². The Bertz CT molecular complexity index is 678. The number of hydrogen-bond donors (Lipinski definition) is 1. The van der Waals surface area contributed by atoms with E-state index < -0.39 is 11.9 Å². The summed E-state index contributed by atoms with van der Waals surface area (Å²) in [7, 11) is 0. The summed E-state index contributed by atoms with van der Waals surface area (Å²) in [6, 6.07) is 5.98. The molecule has 0 saturated carbocycles. The lowest BCUT2D eigenvalue weighted by molar-refractivity contribution is -0.122. The van der Waals surface area contributed by atoms with Gasteiger partial charge in [-0.2, -0.15) is 0 Å². The number of ether oxygens (including phenoxy) is 1. The fraction of sp³-hybridized carbons (Fsp3) is 0.267. The molecule has 1 N–H and O–H groups in total. The molecule has 2 rings (SSSR count). The van der Waals surface area contributed by atoms with Crippen molar-refractivity contribution in [1.82, 2.24) is 10.2 Å². The van der Waals surface area contributed by atoms with E-state index in [0.29, 0.717) is 11.6 Å². The number of amides is 1. The molecule has 8 heteroatoms. The molecular weight excluding hydrogens is 337 g/mol. The normalized spacial score (nSPS) is 11.7. The largest absolute Gasteiger partial charge is 0.478 e. The van der Waals surface area contributed by atoms with E-state index in [9.17, 15) is 9.18 Å². The lowest BCUT2D eigenvalue weighted by Gasteiger charge is -2.16. The van der Waals surface area contributed by atoms with Crippen molar-refractivity contribution in [2.75, 3.05) is 11.1 Å². The van der Waals surface area contributed by atoms with Crippen LogP contribution in [0.15, 0.2) is 41.3 Å². The van der Waals surface area contributed by atoms with Crippen LogP contribution in [0.2, 0.25) is 0 Å². The average molecular weight is 353 g/mol. The Kier molecular flexibility index (Phi) is 6.54. The third-order valence-electron chi connectivity index (χ3n) is 2.73. The Labute approximate surface area is 142 Å². The van der Waals surface area contributed by atoms with Crippen LogP contribution in [0.3, 0.4) is 0 Å². The van der Waals surface area contributed by atoms with Crippen molar-refractivity contribution in [3.05, 3.63) is 42.7 Å². The van der Waals surface area contributed by atoms with E-state index >= 15 is 0 Å². The molecule has 0 aliphatic heterocycles. The van der Waals surface area contributed by atoms with Gasteiger partial charge in [0.1, 0.15) is 0 Å². The molecule has 0 saturated heterocycles. The van der Waals surface area contributed by atoms with Crippen LogP contribution in [0.1, 0.15) is 13.3 Å². The highest BCUT2D eigenvalue weighted by Gasteiger charge is 2.21. The van der Waals surface area contributed by atoms with Crippen molar-refractivity contribution in [2.24, 2.45) is 0 Å². The van der Waals surface area contributed by atoms with E-state index in [2.05, 4.69) is 22.1 Å². The van der Waals surface area contributed by atoms with Gasteiger partial charge in [0.2, 0.25) is 5.13 Å². The number of hydrogen-bond acceptors (Lipinski definition) is 6. The van der Waals surface area contributed by atoms with E-state index in [1.807, 2.05) is 0 Å². The van der Waals surface area contributed by atoms with Crippen LogP contribution < -0.4 is 10.1 Å². The standard InChI is InChI=1S/C15H16FN3O2S2/c1-3-9-22-15-19-18-14(23-15)17-13(20)11(4-2)21-12-8-6-5-7-10(12)16/h3,5-8,11H,1,4,9H2,2H3,(H,17,18,20)/t11-/m1/s1.